The number of esters is 2. The maximum atomic E-state index is 11.2. The van der Waals surface area contributed by atoms with E-state index in [1.807, 2.05) is 0 Å². The summed E-state index contributed by atoms with van der Waals surface area (Å²) in [6, 6.07) is 0. The zero-order valence-electron chi connectivity index (χ0n) is 7.56. The SMILES string of the molecule is Cc1ncncc1C1CC(=O)OC1=O. The highest BCUT2D eigenvalue weighted by Gasteiger charge is 2.35. The summed E-state index contributed by atoms with van der Waals surface area (Å²) in [5.41, 5.74) is 1.38. The summed E-state index contributed by atoms with van der Waals surface area (Å²) in [7, 11) is 0. The smallest absolute Gasteiger partial charge is 0.321 e. The Bertz CT molecular complexity index is 403. The molecular formula is C9H8N2O3. The molecule has 1 aliphatic rings. The maximum absolute atomic E-state index is 11.2. The Morgan fingerprint density at radius 1 is 1.50 bits per heavy atom. The predicted molar refractivity (Wildman–Crippen MR) is 45.2 cm³/mol. The van der Waals surface area contributed by atoms with E-state index in [4.69, 9.17) is 0 Å². The number of cyclic esters (lactones) is 2. The van der Waals surface area contributed by atoms with Gasteiger partial charge in [0.25, 0.3) is 0 Å². The van der Waals surface area contributed by atoms with E-state index in [-0.39, 0.29) is 6.42 Å². The van der Waals surface area contributed by atoms with Crippen molar-refractivity contribution in [3.8, 4) is 0 Å². The lowest BCUT2D eigenvalue weighted by molar-refractivity contribution is -0.152. The second-order valence-corrected chi connectivity index (χ2v) is 3.11. The molecule has 0 aliphatic carbocycles. The van der Waals surface area contributed by atoms with E-state index < -0.39 is 17.9 Å². The molecule has 5 heteroatoms. The minimum atomic E-state index is -0.524. The summed E-state index contributed by atoms with van der Waals surface area (Å²) in [4.78, 5) is 29.9. The normalized spacial score (nSPS) is 21.1. The van der Waals surface area contributed by atoms with Gasteiger partial charge in [0.15, 0.2) is 0 Å². The van der Waals surface area contributed by atoms with Gasteiger partial charge in [0.05, 0.1) is 12.3 Å². The highest BCUT2D eigenvalue weighted by atomic mass is 16.6. The molecule has 1 aromatic heterocycles. The molecule has 2 heterocycles. The molecule has 1 unspecified atom stereocenters. The van der Waals surface area contributed by atoms with E-state index in [1.165, 1.54) is 6.33 Å². The highest BCUT2D eigenvalue weighted by molar-refractivity contribution is 5.97. The van der Waals surface area contributed by atoms with Crippen molar-refractivity contribution in [2.24, 2.45) is 0 Å². The Balaban J connectivity index is 2.36. The molecule has 0 bridgehead atoms. The van der Waals surface area contributed by atoms with E-state index in [2.05, 4.69) is 14.7 Å². The quantitative estimate of drug-likeness (QED) is 0.474. The first-order chi connectivity index (χ1) is 6.68. The third kappa shape index (κ3) is 1.37. The van der Waals surface area contributed by atoms with Gasteiger partial charge in [-0.25, -0.2) is 9.97 Å². The molecule has 1 aliphatic heterocycles. The lowest BCUT2D eigenvalue weighted by Crippen LogP contribution is -2.08. The van der Waals surface area contributed by atoms with Crippen LogP contribution in [-0.4, -0.2) is 21.9 Å². The largest absolute Gasteiger partial charge is 0.393 e. The number of carbonyl (C=O) groups is 2. The summed E-state index contributed by atoms with van der Waals surface area (Å²) in [5, 5.41) is 0. The fourth-order valence-corrected chi connectivity index (χ4v) is 1.46. The third-order valence-electron chi connectivity index (χ3n) is 2.19. The van der Waals surface area contributed by atoms with Crippen LogP contribution >= 0.6 is 0 Å². The van der Waals surface area contributed by atoms with Gasteiger partial charge in [-0.3, -0.25) is 9.59 Å². The second-order valence-electron chi connectivity index (χ2n) is 3.11. The van der Waals surface area contributed by atoms with Crippen LogP contribution in [0.2, 0.25) is 0 Å². The molecule has 0 N–H and O–H groups in total. The molecule has 1 saturated heterocycles. The van der Waals surface area contributed by atoms with Crippen LogP contribution in [0.1, 0.15) is 23.6 Å². The van der Waals surface area contributed by atoms with E-state index >= 15 is 0 Å². The van der Waals surface area contributed by atoms with Crippen molar-refractivity contribution in [3.05, 3.63) is 23.8 Å². The molecule has 0 spiro atoms. The average molecular weight is 192 g/mol. The Hall–Kier alpha value is -1.78. The summed E-state index contributed by atoms with van der Waals surface area (Å²) < 4.78 is 4.45. The van der Waals surface area contributed by atoms with Gasteiger partial charge in [-0.1, -0.05) is 0 Å². The predicted octanol–water partition coefficient (Wildman–Crippen LogP) is 0.342. The van der Waals surface area contributed by atoms with Gasteiger partial charge in [-0.2, -0.15) is 0 Å². The standard InChI is InChI=1S/C9H8N2O3/c1-5-7(3-10-4-11-5)6-2-8(12)14-9(6)13/h3-4,6H,2H2,1H3. The van der Waals surface area contributed by atoms with Gasteiger partial charge in [0.2, 0.25) is 0 Å². The van der Waals surface area contributed by atoms with Crippen LogP contribution in [0.25, 0.3) is 0 Å². The van der Waals surface area contributed by atoms with Crippen LogP contribution in [0, 0.1) is 6.92 Å². The molecule has 72 valence electrons. The van der Waals surface area contributed by atoms with Gasteiger partial charge < -0.3 is 4.74 Å². The molecule has 2 rings (SSSR count). The molecule has 0 aromatic carbocycles. The maximum Gasteiger partial charge on any atom is 0.321 e. The fourth-order valence-electron chi connectivity index (χ4n) is 1.46. The molecule has 1 aromatic rings. The van der Waals surface area contributed by atoms with Crippen LogP contribution in [0.15, 0.2) is 12.5 Å². The Kier molecular flexibility index (Phi) is 1.99. The van der Waals surface area contributed by atoms with Gasteiger partial charge in [-0.05, 0) is 6.92 Å². The number of aryl methyl sites for hydroxylation is 1. The zero-order chi connectivity index (χ0) is 10.1. The Morgan fingerprint density at radius 3 is 2.86 bits per heavy atom. The number of carbonyl (C=O) groups excluding carboxylic acids is 2. The van der Waals surface area contributed by atoms with Gasteiger partial charge in [0, 0.05) is 17.5 Å². The molecule has 1 atom stereocenters. The van der Waals surface area contributed by atoms with E-state index in [1.54, 1.807) is 13.1 Å². The van der Waals surface area contributed by atoms with Crippen molar-refractivity contribution in [2.45, 2.75) is 19.3 Å². The Morgan fingerprint density at radius 2 is 2.29 bits per heavy atom. The molecule has 5 nitrogen and oxygen atoms in total. The van der Waals surface area contributed by atoms with Crippen molar-refractivity contribution in [1.82, 2.24) is 9.97 Å². The summed E-state index contributed by atoms with van der Waals surface area (Å²) in [6.45, 7) is 1.77. The molecule has 0 radical (unpaired) electrons. The summed E-state index contributed by atoms with van der Waals surface area (Å²) >= 11 is 0. The molecule has 0 saturated carbocycles. The van der Waals surface area contributed by atoms with Gasteiger partial charge in [-0.15, -0.1) is 0 Å². The lowest BCUT2D eigenvalue weighted by atomic mass is 9.98. The minimum absolute atomic E-state index is 0.0903. The van der Waals surface area contributed by atoms with E-state index in [0.717, 1.165) is 0 Å². The van der Waals surface area contributed by atoms with Crippen LogP contribution in [0.4, 0.5) is 0 Å². The fraction of sp³-hybridized carbons (Fsp3) is 0.333. The van der Waals surface area contributed by atoms with Crippen molar-refractivity contribution >= 4 is 11.9 Å². The average Bonchev–Trinajstić information content (AvgIpc) is 2.46. The highest BCUT2D eigenvalue weighted by Crippen LogP contribution is 2.27. The van der Waals surface area contributed by atoms with Crippen LogP contribution in [-0.2, 0) is 14.3 Å². The monoisotopic (exact) mass is 192 g/mol. The number of rotatable bonds is 1. The molecule has 14 heavy (non-hydrogen) atoms. The molecule has 0 amide bonds. The van der Waals surface area contributed by atoms with Crippen molar-refractivity contribution in [1.29, 1.82) is 0 Å². The van der Waals surface area contributed by atoms with Crippen molar-refractivity contribution in [3.63, 3.8) is 0 Å². The van der Waals surface area contributed by atoms with Crippen molar-refractivity contribution < 1.29 is 14.3 Å². The first-order valence-corrected chi connectivity index (χ1v) is 4.19. The topological polar surface area (TPSA) is 69.2 Å². The van der Waals surface area contributed by atoms with Crippen LogP contribution in [0.3, 0.4) is 0 Å². The first-order valence-electron chi connectivity index (χ1n) is 4.19. The number of hydrogen-bond donors (Lipinski definition) is 0. The van der Waals surface area contributed by atoms with Gasteiger partial charge in [0.1, 0.15) is 6.33 Å². The number of hydrogen-bond acceptors (Lipinski definition) is 5. The van der Waals surface area contributed by atoms with E-state index in [9.17, 15) is 9.59 Å². The first kappa shape index (κ1) is 8.80. The zero-order valence-corrected chi connectivity index (χ0v) is 7.56. The van der Waals surface area contributed by atoms with Gasteiger partial charge >= 0.3 is 11.9 Å². The number of nitrogens with zero attached hydrogens (tertiary/aromatic N) is 2. The second kappa shape index (κ2) is 3.17. The van der Waals surface area contributed by atoms with Crippen LogP contribution in [0.5, 0.6) is 0 Å². The summed E-state index contributed by atoms with van der Waals surface area (Å²) in [6.07, 6.45) is 3.04. The lowest BCUT2D eigenvalue weighted by Gasteiger charge is -2.05. The van der Waals surface area contributed by atoms with Crippen molar-refractivity contribution in [2.75, 3.05) is 0 Å². The summed E-state index contributed by atoms with van der Waals surface area (Å²) in [5.74, 6) is -1.51. The molecule has 1 fully saturated rings. The van der Waals surface area contributed by atoms with Crippen LogP contribution < -0.4 is 0 Å². The number of ether oxygens (including phenoxy) is 1. The molecular weight excluding hydrogens is 184 g/mol. The Labute approximate surface area is 80.1 Å². The number of aromatic nitrogens is 2. The third-order valence-corrected chi connectivity index (χ3v) is 2.19. The minimum Gasteiger partial charge on any atom is -0.393 e. The van der Waals surface area contributed by atoms with E-state index in [0.29, 0.717) is 11.3 Å².